The van der Waals surface area contributed by atoms with E-state index in [0.29, 0.717) is 22.4 Å². The van der Waals surface area contributed by atoms with Crippen LogP contribution in [0.4, 0.5) is 5.69 Å². The SMILES string of the molecule is COc1ccc(S(=O)(=O)N/N=c2/oc3ccccc3cc2C(=O)Nc2ccccc2C)cc1OC. The molecule has 4 rings (SSSR count). The van der Waals surface area contributed by atoms with Gasteiger partial charge in [0.05, 0.1) is 19.1 Å². The topological polar surface area (TPSA) is 119 Å². The minimum absolute atomic E-state index is 0.0574. The maximum absolute atomic E-state index is 13.1. The molecule has 0 radical (unpaired) electrons. The molecule has 0 aliphatic heterocycles. The van der Waals surface area contributed by atoms with Crippen molar-refractivity contribution in [2.45, 2.75) is 11.8 Å². The molecule has 0 bridgehead atoms. The van der Waals surface area contributed by atoms with Crippen LogP contribution in [-0.2, 0) is 10.0 Å². The highest BCUT2D eigenvalue weighted by Crippen LogP contribution is 2.29. The number of aryl methyl sites for hydroxylation is 1. The highest BCUT2D eigenvalue weighted by molar-refractivity contribution is 7.89. The first kappa shape index (κ1) is 23.8. The zero-order valence-electron chi connectivity index (χ0n) is 19.2. The molecule has 0 aliphatic carbocycles. The molecule has 0 unspecified atom stereocenters. The smallest absolute Gasteiger partial charge is 0.276 e. The molecule has 0 saturated carbocycles. The highest BCUT2D eigenvalue weighted by Gasteiger charge is 2.18. The van der Waals surface area contributed by atoms with Gasteiger partial charge in [-0.1, -0.05) is 36.4 Å². The van der Waals surface area contributed by atoms with Crippen molar-refractivity contribution < 1.29 is 27.1 Å². The summed E-state index contributed by atoms with van der Waals surface area (Å²) < 4.78 is 41.9. The van der Waals surface area contributed by atoms with Crippen LogP contribution in [0.2, 0.25) is 0 Å². The Morgan fingerprint density at radius 1 is 0.914 bits per heavy atom. The molecule has 180 valence electrons. The van der Waals surface area contributed by atoms with Crippen LogP contribution in [0.25, 0.3) is 11.0 Å². The van der Waals surface area contributed by atoms with Crippen LogP contribution >= 0.6 is 0 Å². The fourth-order valence-electron chi connectivity index (χ4n) is 3.36. The molecule has 4 aromatic rings. The van der Waals surface area contributed by atoms with E-state index in [9.17, 15) is 13.2 Å². The number of methoxy groups -OCH3 is 2. The number of ether oxygens (including phenoxy) is 2. The monoisotopic (exact) mass is 493 g/mol. The van der Waals surface area contributed by atoms with Gasteiger partial charge < -0.3 is 19.2 Å². The summed E-state index contributed by atoms with van der Waals surface area (Å²) in [6.45, 7) is 1.86. The van der Waals surface area contributed by atoms with Gasteiger partial charge in [-0.2, -0.15) is 13.2 Å². The number of carbonyl (C=O) groups excluding carboxylic acids is 1. The lowest BCUT2D eigenvalue weighted by atomic mass is 10.1. The van der Waals surface area contributed by atoms with E-state index in [1.54, 1.807) is 42.5 Å². The van der Waals surface area contributed by atoms with Gasteiger partial charge in [-0.25, -0.2) is 0 Å². The number of nitrogens with one attached hydrogen (secondary N) is 2. The number of sulfonamides is 1. The second-order valence-corrected chi connectivity index (χ2v) is 9.16. The average molecular weight is 494 g/mol. The molecule has 1 heterocycles. The summed E-state index contributed by atoms with van der Waals surface area (Å²) in [7, 11) is -1.27. The number of nitrogens with zero attached hydrogens (tertiary/aromatic N) is 1. The second kappa shape index (κ2) is 9.90. The molecule has 0 fully saturated rings. The first-order valence-corrected chi connectivity index (χ1v) is 12.0. The van der Waals surface area contributed by atoms with Gasteiger partial charge in [-0.15, -0.1) is 5.10 Å². The molecule has 0 saturated heterocycles. The molecule has 1 amide bonds. The van der Waals surface area contributed by atoms with Crippen molar-refractivity contribution in [2.75, 3.05) is 19.5 Å². The normalized spacial score (nSPS) is 11.8. The number of benzene rings is 3. The van der Waals surface area contributed by atoms with Crippen molar-refractivity contribution in [1.29, 1.82) is 0 Å². The molecule has 3 aromatic carbocycles. The summed E-state index contributed by atoms with van der Waals surface area (Å²) in [5, 5.41) is 7.43. The molecular weight excluding hydrogens is 470 g/mol. The Labute approximate surface area is 202 Å². The summed E-state index contributed by atoms with van der Waals surface area (Å²) in [5.41, 5.74) is 1.78. The maximum Gasteiger partial charge on any atom is 0.276 e. The standard InChI is InChI=1S/C25H23N3O6S/c1-16-8-4-6-10-20(16)26-24(29)19-14-17-9-5-7-11-21(17)34-25(19)27-28-35(30,31)18-12-13-22(32-2)23(15-18)33-3/h4-15,28H,1-3H3,(H,26,29)/b27-25+. The quantitative estimate of drug-likeness (QED) is 0.378. The Balaban J connectivity index is 1.75. The van der Waals surface area contributed by atoms with Gasteiger partial charge in [0.2, 0.25) is 5.55 Å². The third kappa shape index (κ3) is 5.12. The van der Waals surface area contributed by atoms with E-state index in [1.165, 1.54) is 32.4 Å². The minimum atomic E-state index is -4.12. The number of anilines is 1. The first-order chi connectivity index (χ1) is 16.8. The third-order valence-electron chi connectivity index (χ3n) is 5.23. The van der Waals surface area contributed by atoms with Crippen LogP contribution < -0.4 is 25.2 Å². The third-order valence-corrected chi connectivity index (χ3v) is 6.43. The molecule has 35 heavy (non-hydrogen) atoms. The van der Waals surface area contributed by atoms with E-state index in [1.807, 2.05) is 19.1 Å². The molecule has 0 atom stereocenters. The number of amides is 1. The van der Waals surface area contributed by atoms with Crippen LogP contribution in [0.5, 0.6) is 11.5 Å². The lowest BCUT2D eigenvalue weighted by Gasteiger charge is -2.10. The number of para-hydroxylation sites is 2. The molecule has 10 heteroatoms. The molecule has 2 N–H and O–H groups in total. The van der Waals surface area contributed by atoms with E-state index in [4.69, 9.17) is 13.9 Å². The van der Waals surface area contributed by atoms with Gasteiger partial charge in [0.15, 0.2) is 11.5 Å². The van der Waals surface area contributed by atoms with Gasteiger partial charge in [0.1, 0.15) is 11.1 Å². The fourth-order valence-corrected chi connectivity index (χ4v) is 4.17. The van der Waals surface area contributed by atoms with Crippen molar-refractivity contribution in [3.63, 3.8) is 0 Å². The Morgan fingerprint density at radius 3 is 2.37 bits per heavy atom. The van der Waals surface area contributed by atoms with E-state index >= 15 is 0 Å². The van der Waals surface area contributed by atoms with Crippen LogP contribution in [0.1, 0.15) is 15.9 Å². The van der Waals surface area contributed by atoms with Crippen molar-refractivity contribution >= 4 is 32.6 Å². The van der Waals surface area contributed by atoms with Crippen molar-refractivity contribution in [3.05, 3.63) is 89.5 Å². The molecule has 0 spiro atoms. The van der Waals surface area contributed by atoms with E-state index in [-0.39, 0.29) is 21.8 Å². The largest absolute Gasteiger partial charge is 0.493 e. The van der Waals surface area contributed by atoms with E-state index in [2.05, 4.69) is 15.2 Å². The van der Waals surface area contributed by atoms with Gasteiger partial charge in [0, 0.05) is 17.1 Å². The van der Waals surface area contributed by atoms with Gasteiger partial charge >= 0.3 is 0 Å². The van der Waals surface area contributed by atoms with Crippen LogP contribution in [0.3, 0.4) is 0 Å². The maximum atomic E-state index is 13.1. The predicted molar refractivity (Wildman–Crippen MR) is 131 cm³/mol. The van der Waals surface area contributed by atoms with Crippen LogP contribution in [-0.4, -0.2) is 28.5 Å². The second-order valence-electron chi connectivity index (χ2n) is 7.50. The first-order valence-electron chi connectivity index (χ1n) is 10.5. The Morgan fingerprint density at radius 2 is 1.63 bits per heavy atom. The lowest BCUT2D eigenvalue weighted by Crippen LogP contribution is -2.27. The molecular formula is C25H23N3O6S. The van der Waals surface area contributed by atoms with Crippen LogP contribution in [0, 0.1) is 6.92 Å². The van der Waals surface area contributed by atoms with Gasteiger partial charge in [0.25, 0.3) is 15.9 Å². The fraction of sp³-hybridized carbons (Fsp3) is 0.120. The summed E-state index contributed by atoms with van der Waals surface area (Å²) >= 11 is 0. The average Bonchev–Trinajstić information content (AvgIpc) is 2.87. The number of carbonyl (C=O) groups is 1. The Bertz CT molecular complexity index is 1580. The zero-order chi connectivity index (χ0) is 25.0. The van der Waals surface area contributed by atoms with Crippen molar-refractivity contribution in [2.24, 2.45) is 5.10 Å². The number of hydrogen-bond acceptors (Lipinski definition) is 7. The van der Waals surface area contributed by atoms with Crippen LogP contribution in [0.15, 0.2) is 87.2 Å². The number of hydrogen-bond donors (Lipinski definition) is 2. The lowest BCUT2D eigenvalue weighted by molar-refractivity contribution is 0.102. The highest BCUT2D eigenvalue weighted by atomic mass is 32.2. The summed E-state index contributed by atoms with van der Waals surface area (Å²) in [5.74, 6) is 0.116. The van der Waals surface area contributed by atoms with Crippen molar-refractivity contribution in [3.8, 4) is 11.5 Å². The van der Waals surface area contributed by atoms with E-state index < -0.39 is 15.9 Å². The summed E-state index contributed by atoms with van der Waals surface area (Å²) in [4.78, 5) is 15.2. The molecule has 9 nitrogen and oxygen atoms in total. The Hall–Kier alpha value is -4.31. The van der Waals surface area contributed by atoms with Gasteiger partial charge in [-0.3, -0.25) is 4.79 Å². The number of rotatable bonds is 7. The summed E-state index contributed by atoms with van der Waals surface area (Å²) in [6, 6.07) is 20.0. The summed E-state index contributed by atoms with van der Waals surface area (Å²) in [6.07, 6.45) is 0. The van der Waals surface area contributed by atoms with Crippen molar-refractivity contribution in [1.82, 2.24) is 4.83 Å². The molecule has 0 aliphatic rings. The minimum Gasteiger partial charge on any atom is -0.493 e. The van der Waals surface area contributed by atoms with Gasteiger partial charge in [-0.05, 0) is 42.8 Å². The predicted octanol–water partition coefficient (Wildman–Crippen LogP) is 3.80. The van der Waals surface area contributed by atoms with E-state index in [0.717, 1.165) is 5.56 Å². The molecule has 1 aromatic heterocycles. The number of fused-ring (bicyclic) bond motifs is 1. The Kier molecular flexibility index (Phi) is 6.74. The zero-order valence-corrected chi connectivity index (χ0v) is 20.0.